The maximum atomic E-state index is 13.5. The highest BCUT2D eigenvalue weighted by atomic mass is 19.1. The third-order valence-corrected chi connectivity index (χ3v) is 4.64. The first kappa shape index (κ1) is 20.0. The van der Waals surface area contributed by atoms with Crippen molar-refractivity contribution >= 4 is 17.5 Å². The van der Waals surface area contributed by atoms with Gasteiger partial charge in [0, 0.05) is 37.0 Å². The third-order valence-electron chi connectivity index (χ3n) is 4.64. The molecule has 5 nitrogen and oxygen atoms in total. The van der Waals surface area contributed by atoms with E-state index in [2.05, 4.69) is 5.32 Å². The van der Waals surface area contributed by atoms with Crippen LogP contribution in [-0.2, 0) is 4.74 Å². The standard InChI is InChI=1S/C22H27FN2O3/c1-22(2,3)28-21(26)24-14-15-10-11-27-20-13-18(8-9-19(15)20)25(4)17-7-5-6-16(23)12-17/h5-9,12-13,15H,10-11,14H2,1-4H3,(H,24,26)/t15-/m0/s1. The maximum absolute atomic E-state index is 13.5. The van der Waals surface area contributed by atoms with Gasteiger partial charge in [-0.05, 0) is 57.0 Å². The molecule has 1 aliphatic heterocycles. The zero-order chi connectivity index (χ0) is 20.3. The monoisotopic (exact) mass is 386 g/mol. The van der Waals surface area contributed by atoms with Crippen LogP contribution in [0, 0.1) is 5.82 Å². The summed E-state index contributed by atoms with van der Waals surface area (Å²) in [6, 6.07) is 12.4. The topological polar surface area (TPSA) is 50.8 Å². The molecule has 2 aromatic rings. The van der Waals surface area contributed by atoms with E-state index in [-0.39, 0.29) is 11.7 Å². The molecule has 1 N–H and O–H groups in total. The Balaban J connectivity index is 1.72. The largest absolute Gasteiger partial charge is 0.493 e. The van der Waals surface area contributed by atoms with E-state index in [0.717, 1.165) is 29.1 Å². The number of amides is 1. The quantitative estimate of drug-likeness (QED) is 0.805. The average Bonchev–Trinajstić information content (AvgIpc) is 2.64. The number of carbonyl (C=O) groups excluding carboxylic acids is 1. The van der Waals surface area contributed by atoms with Gasteiger partial charge in [0.1, 0.15) is 17.2 Å². The Labute approximate surface area is 165 Å². The molecule has 0 aromatic heterocycles. The summed E-state index contributed by atoms with van der Waals surface area (Å²) in [5.41, 5.74) is 2.20. The summed E-state index contributed by atoms with van der Waals surface area (Å²) < 4.78 is 24.7. The minimum Gasteiger partial charge on any atom is -0.493 e. The van der Waals surface area contributed by atoms with E-state index in [4.69, 9.17) is 9.47 Å². The highest BCUT2D eigenvalue weighted by Gasteiger charge is 2.24. The number of alkyl carbamates (subject to hydrolysis) is 1. The van der Waals surface area contributed by atoms with Gasteiger partial charge in [-0.15, -0.1) is 0 Å². The summed E-state index contributed by atoms with van der Waals surface area (Å²) >= 11 is 0. The molecule has 1 amide bonds. The van der Waals surface area contributed by atoms with Gasteiger partial charge in [0.15, 0.2) is 0 Å². The summed E-state index contributed by atoms with van der Waals surface area (Å²) in [4.78, 5) is 13.9. The molecule has 0 unspecified atom stereocenters. The lowest BCUT2D eigenvalue weighted by Crippen LogP contribution is -2.35. The Bertz CT molecular complexity index is 848. The number of anilines is 2. The van der Waals surface area contributed by atoms with Crippen LogP contribution in [0.4, 0.5) is 20.6 Å². The summed E-state index contributed by atoms with van der Waals surface area (Å²) in [6.07, 6.45) is 0.407. The van der Waals surface area contributed by atoms with Crippen molar-refractivity contribution in [1.82, 2.24) is 5.32 Å². The number of ether oxygens (including phenoxy) is 2. The fraction of sp³-hybridized carbons (Fsp3) is 0.409. The second kappa shape index (κ2) is 8.09. The SMILES string of the molecule is CN(c1cccc(F)c1)c1ccc2c(c1)OCC[C@H]2CNC(=O)OC(C)(C)C. The second-order valence-electron chi connectivity index (χ2n) is 7.98. The number of benzene rings is 2. The lowest BCUT2D eigenvalue weighted by Gasteiger charge is -2.28. The smallest absolute Gasteiger partial charge is 0.407 e. The van der Waals surface area contributed by atoms with Gasteiger partial charge in [0.05, 0.1) is 6.61 Å². The number of hydrogen-bond acceptors (Lipinski definition) is 4. The first-order valence-corrected chi connectivity index (χ1v) is 9.46. The Morgan fingerprint density at radius 1 is 1.25 bits per heavy atom. The summed E-state index contributed by atoms with van der Waals surface area (Å²) in [5.74, 6) is 0.680. The molecule has 0 saturated carbocycles. The Hall–Kier alpha value is -2.76. The van der Waals surface area contributed by atoms with Crippen molar-refractivity contribution in [2.75, 3.05) is 25.1 Å². The molecule has 0 fully saturated rings. The van der Waals surface area contributed by atoms with E-state index in [9.17, 15) is 9.18 Å². The molecule has 1 aliphatic rings. The highest BCUT2D eigenvalue weighted by molar-refractivity contribution is 5.68. The van der Waals surface area contributed by atoms with E-state index < -0.39 is 11.7 Å². The van der Waals surface area contributed by atoms with Crippen LogP contribution in [0.2, 0.25) is 0 Å². The first-order valence-electron chi connectivity index (χ1n) is 9.46. The normalized spacial score (nSPS) is 16.0. The van der Waals surface area contributed by atoms with E-state index in [1.807, 2.05) is 57.0 Å². The zero-order valence-electron chi connectivity index (χ0n) is 16.8. The molecule has 2 aromatic carbocycles. The van der Waals surface area contributed by atoms with E-state index in [1.54, 1.807) is 6.07 Å². The van der Waals surface area contributed by atoms with Crippen molar-refractivity contribution in [2.45, 2.75) is 38.7 Å². The predicted octanol–water partition coefficient (Wildman–Crippen LogP) is 4.98. The van der Waals surface area contributed by atoms with E-state index >= 15 is 0 Å². The number of halogens is 1. The van der Waals surface area contributed by atoms with Gasteiger partial charge in [0.25, 0.3) is 0 Å². The van der Waals surface area contributed by atoms with Gasteiger partial charge in [0.2, 0.25) is 0 Å². The Morgan fingerprint density at radius 2 is 2.00 bits per heavy atom. The van der Waals surface area contributed by atoms with E-state index in [0.29, 0.717) is 13.2 Å². The maximum Gasteiger partial charge on any atom is 0.407 e. The van der Waals surface area contributed by atoms with Gasteiger partial charge >= 0.3 is 6.09 Å². The number of fused-ring (bicyclic) bond motifs is 1. The van der Waals surface area contributed by atoms with Crippen molar-refractivity contribution in [1.29, 1.82) is 0 Å². The molecule has 0 aliphatic carbocycles. The van der Waals surface area contributed by atoms with Crippen LogP contribution >= 0.6 is 0 Å². The molecule has 0 saturated heterocycles. The van der Waals surface area contributed by atoms with Crippen LogP contribution in [0.3, 0.4) is 0 Å². The van der Waals surface area contributed by atoms with Gasteiger partial charge in [-0.2, -0.15) is 0 Å². The minimum atomic E-state index is -0.520. The lowest BCUT2D eigenvalue weighted by atomic mass is 9.92. The van der Waals surface area contributed by atoms with Crippen LogP contribution < -0.4 is 15.0 Å². The number of nitrogens with zero attached hydrogens (tertiary/aromatic N) is 1. The van der Waals surface area contributed by atoms with Crippen LogP contribution in [-0.4, -0.2) is 31.9 Å². The number of hydrogen-bond donors (Lipinski definition) is 1. The van der Waals surface area contributed by atoms with Gasteiger partial charge in [-0.1, -0.05) is 12.1 Å². The van der Waals surface area contributed by atoms with Crippen molar-refractivity contribution in [2.24, 2.45) is 0 Å². The van der Waals surface area contributed by atoms with Crippen molar-refractivity contribution in [3.63, 3.8) is 0 Å². The Morgan fingerprint density at radius 3 is 2.71 bits per heavy atom. The zero-order valence-corrected chi connectivity index (χ0v) is 16.8. The highest BCUT2D eigenvalue weighted by Crippen LogP contribution is 2.37. The molecule has 1 heterocycles. The second-order valence-corrected chi connectivity index (χ2v) is 7.98. The molecule has 28 heavy (non-hydrogen) atoms. The molecule has 1 atom stereocenters. The molecular weight excluding hydrogens is 359 g/mol. The van der Waals surface area contributed by atoms with Crippen LogP contribution in [0.15, 0.2) is 42.5 Å². The first-order chi connectivity index (χ1) is 13.2. The van der Waals surface area contributed by atoms with Crippen molar-refractivity contribution in [3.8, 4) is 5.75 Å². The number of carbonyl (C=O) groups is 1. The van der Waals surface area contributed by atoms with Crippen LogP contribution in [0.25, 0.3) is 0 Å². The van der Waals surface area contributed by atoms with E-state index in [1.165, 1.54) is 12.1 Å². The lowest BCUT2D eigenvalue weighted by molar-refractivity contribution is 0.0521. The van der Waals surface area contributed by atoms with Crippen molar-refractivity contribution in [3.05, 3.63) is 53.8 Å². The predicted molar refractivity (Wildman–Crippen MR) is 108 cm³/mol. The van der Waals surface area contributed by atoms with Gasteiger partial charge < -0.3 is 19.7 Å². The molecule has 3 rings (SSSR count). The minimum absolute atomic E-state index is 0.157. The van der Waals surface area contributed by atoms with Crippen LogP contribution in [0.5, 0.6) is 5.75 Å². The molecular formula is C22H27FN2O3. The van der Waals surface area contributed by atoms with Gasteiger partial charge in [-0.3, -0.25) is 0 Å². The summed E-state index contributed by atoms with van der Waals surface area (Å²) in [6.45, 7) is 6.60. The third kappa shape index (κ3) is 4.94. The molecule has 0 radical (unpaired) electrons. The molecule has 150 valence electrons. The van der Waals surface area contributed by atoms with Crippen LogP contribution in [0.1, 0.15) is 38.7 Å². The van der Waals surface area contributed by atoms with Crippen molar-refractivity contribution < 1.29 is 18.7 Å². The summed E-state index contributed by atoms with van der Waals surface area (Å²) in [5, 5.41) is 2.85. The molecule has 0 spiro atoms. The Kier molecular flexibility index (Phi) is 5.77. The molecule has 6 heteroatoms. The summed E-state index contributed by atoms with van der Waals surface area (Å²) in [7, 11) is 1.89. The number of rotatable bonds is 4. The van der Waals surface area contributed by atoms with Gasteiger partial charge in [-0.25, -0.2) is 9.18 Å². The number of nitrogens with one attached hydrogen (secondary N) is 1. The average molecular weight is 386 g/mol. The fourth-order valence-corrected chi connectivity index (χ4v) is 3.23. The fourth-order valence-electron chi connectivity index (χ4n) is 3.23. The molecule has 0 bridgehead atoms.